The second kappa shape index (κ2) is 8.69. The Morgan fingerprint density at radius 3 is 2.56 bits per heavy atom. The average molecular weight is 490 g/mol. The van der Waals surface area contributed by atoms with Crippen LogP contribution in [-0.2, 0) is 14.6 Å². The maximum Gasteiger partial charge on any atom is 0.410 e. The zero-order chi connectivity index (χ0) is 24.8. The van der Waals surface area contributed by atoms with Crippen LogP contribution in [0.25, 0.3) is 0 Å². The molecule has 0 saturated carbocycles. The number of fused-ring (bicyclic) bond motifs is 3. The third-order valence-corrected chi connectivity index (χ3v) is 7.46. The van der Waals surface area contributed by atoms with E-state index in [1.807, 2.05) is 34.6 Å². The largest absolute Gasteiger partial charge is 0.508 e. The molecular weight excluding hydrogens is 458 g/mol. The molecule has 0 bridgehead atoms. The summed E-state index contributed by atoms with van der Waals surface area (Å²) in [4.78, 5) is 14.1. The summed E-state index contributed by atoms with van der Waals surface area (Å²) in [5, 5.41) is 10.0. The molecule has 2 aliphatic rings. The standard InChI is InChI=1S/C25H31NO7S/c1-15(2)31-17-10-16(27)11-19(12-17)34(29,30)18-6-7-20-21-8-9-26(24(28)33-25(3,4)5)14-23(21)32-22(20)13-18/h6-7,10-13,15,21,23,27H,8-9,14H2,1-5H3. The SMILES string of the molecule is CC(C)Oc1cc(O)cc(S(=O)(=O)c2ccc3c(c2)OC2CN(C(=O)OC(C)(C)C)CCC32)c1. The van der Waals surface area contributed by atoms with Gasteiger partial charge in [-0.1, -0.05) is 6.07 Å². The van der Waals surface area contributed by atoms with Gasteiger partial charge in [0.25, 0.3) is 0 Å². The van der Waals surface area contributed by atoms with Crippen molar-refractivity contribution in [2.75, 3.05) is 13.1 Å². The van der Waals surface area contributed by atoms with E-state index in [0.29, 0.717) is 25.3 Å². The van der Waals surface area contributed by atoms with Crippen molar-refractivity contribution < 1.29 is 32.5 Å². The number of piperidine rings is 1. The molecule has 184 valence electrons. The van der Waals surface area contributed by atoms with E-state index in [4.69, 9.17) is 14.2 Å². The Labute approximate surface area is 200 Å². The molecule has 2 aromatic rings. The Hall–Kier alpha value is -2.94. The van der Waals surface area contributed by atoms with Crippen LogP contribution in [0.3, 0.4) is 0 Å². The molecule has 1 N–H and O–H groups in total. The maximum absolute atomic E-state index is 13.3. The molecule has 1 amide bonds. The molecule has 0 spiro atoms. The van der Waals surface area contributed by atoms with Gasteiger partial charge in [-0.05, 0) is 65.3 Å². The fourth-order valence-corrected chi connectivity index (χ4v) is 5.65. The Balaban J connectivity index is 1.56. The molecule has 1 saturated heterocycles. The summed E-state index contributed by atoms with van der Waals surface area (Å²) in [6, 6.07) is 8.86. The Morgan fingerprint density at radius 1 is 1.15 bits per heavy atom. The number of rotatable bonds is 4. The third-order valence-electron chi connectivity index (χ3n) is 5.73. The van der Waals surface area contributed by atoms with Crippen molar-refractivity contribution in [3.05, 3.63) is 42.0 Å². The van der Waals surface area contributed by atoms with E-state index < -0.39 is 15.4 Å². The third kappa shape index (κ3) is 4.94. The summed E-state index contributed by atoms with van der Waals surface area (Å²) in [5.41, 5.74) is 0.357. The summed E-state index contributed by atoms with van der Waals surface area (Å²) in [7, 11) is -3.92. The molecule has 0 aliphatic carbocycles. The lowest BCUT2D eigenvalue weighted by Gasteiger charge is -2.35. The predicted octanol–water partition coefficient (Wildman–Crippen LogP) is 4.50. The van der Waals surface area contributed by atoms with Gasteiger partial charge in [-0.3, -0.25) is 0 Å². The number of likely N-dealkylation sites (tertiary alicyclic amines) is 1. The molecule has 2 aromatic carbocycles. The fourth-order valence-electron chi connectivity index (χ4n) is 4.33. The van der Waals surface area contributed by atoms with Crippen LogP contribution in [0.1, 0.15) is 52.5 Å². The van der Waals surface area contributed by atoms with Gasteiger partial charge in [-0.2, -0.15) is 0 Å². The average Bonchev–Trinajstić information content (AvgIpc) is 3.08. The van der Waals surface area contributed by atoms with E-state index in [1.165, 1.54) is 24.3 Å². The highest BCUT2D eigenvalue weighted by molar-refractivity contribution is 7.91. The van der Waals surface area contributed by atoms with Crippen molar-refractivity contribution >= 4 is 15.9 Å². The molecule has 0 aromatic heterocycles. The molecule has 4 rings (SSSR count). The first-order valence-corrected chi connectivity index (χ1v) is 12.9. The Morgan fingerprint density at radius 2 is 1.88 bits per heavy atom. The van der Waals surface area contributed by atoms with Gasteiger partial charge in [-0.25, -0.2) is 13.2 Å². The molecule has 34 heavy (non-hydrogen) atoms. The van der Waals surface area contributed by atoms with Gasteiger partial charge in [0, 0.05) is 24.1 Å². The second-order valence-corrected chi connectivity index (χ2v) is 12.0. The summed E-state index contributed by atoms with van der Waals surface area (Å²) < 4.78 is 43.8. The fraction of sp³-hybridized carbons (Fsp3) is 0.480. The number of aromatic hydroxyl groups is 1. The number of sulfone groups is 1. The lowest BCUT2D eigenvalue weighted by Crippen LogP contribution is -2.47. The first-order valence-electron chi connectivity index (χ1n) is 11.4. The number of phenols is 1. The van der Waals surface area contributed by atoms with Crippen molar-refractivity contribution in [2.45, 2.75) is 74.6 Å². The molecule has 2 atom stereocenters. The zero-order valence-corrected chi connectivity index (χ0v) is 20.9. The minimum Gasteiger partial charge on any atom is -0.508 e. The Bertz CT molecular complexity index is 1200. The van der Waals surface area contributed by atoms with Crippen LogP contribution in [-0.4, -0.2) is 55.4 Å². The van der Waals surface area contributed by atoms with Crippen LogP contribution in [0.2, 0.25) is 0 Å². The highest BCUT2D eigenvalue weighted by Gasteiger charge is 2.41. The molecule has 1 fully saturated rings. The van der Waals surface area contributed by atoms with Gasteiger partial charge in [0.05, 0.1) is 22.4 Å². The molecular formula is C25H31NO7S. The summed E-state index contributed by atoms with van der Waals surface area (Å²) in [6.45, 7) is 10.0. The van der Waals surface area contributed by atoms with Crippen LogP contribution in [0, 0.1) is 0 Å². The zero-order valence-electron chi connectivity index (χ0n) is 20.1. The summed E-state index contributed by atoms with van der Waals surface area (Å²) >= 11 is 0. The first-order chi connectivity index (χ1) is 15.8. The molecule has 9 heteroatoms. The lowest BCUT2D eigenvalue weighted by atomic mass is 9.89. The van der Waals surface area contributed by atoms with E-state index in [9.17, 15) is 18.3 Å². The van der Waals surface area contributed by atoms with Crippen molar-refractivity contribution in [1.29, 1.82) is 0 Å². The number of ether oxygens (including phenoxy) is 3. The number of nitrogens with zero attached hydrogens (tertiary/aromatic N) is 1. The van der Waals surface area contributed by atoms with Gasteiger partial charge in [0.2, 0.25) is 9.84 Å². The van der Waals surface area contributed by atoms with Crippen LogP contribution >= 0.6 is 0 Å². The molecule has 0 radical (unpaired) electrons. The number of amides is 1. The summed E-state index contributed by atoms with van der Waals surface area (Å²) in [5.74, 6) is 0.666. The lowest BCUT2D eigenvalue weighted by molar-refractivity contribution is 0.00788. The van der Waals surface area contributed by atoms with Crippen molar-refractivity contribution in [1.82, 2.24) is 4.90 Å². The quantitative estimate of drug-likeness (QED) is 0.675. The van der Waals surface area contributed by atoms with Gasteiger partial charge in [-0.15, -0.1) is 0 Å². The van der Waals surface area contributed by atoms with E-state index in [2.05, 4.69) is 0 Å². The van der Waals surface area contributed by atoms with Gasteiger partial charge >= 0.3 is 6.09 Å². The van der Waals surface area contributed by atoms with Crippen LogP contribution in [0.15, 0.2) is 46.2 Å². The highest BCUT2D eigenvalue weighted by Crippen LogP contribution is 2.44. The first kappa shape index (κ1) is 24.2. The van der Waals surface area contributed by atoms with Gasteiger partial charge in [0.1, 0.15) is 29.0 Å². The monoisotopic (exact) mass is 489 g/mol. The van der Waals surface area contributed by atoms with Gasteiger partial charge in [0.15, 0.2) is 0 Å². The normalized spacial score (nSPS) is 19.9. The second-order valence-electron chi connectivity index (χ2n) is 10.0. The van der Waals surface area contributed by atoms with Crippen LogP contribution < -0.4 is 9.47 Å². The highest BCUT2D eigenvalue weighted by atomic mass is 32.2. The minimum atomic E-state index is -3.92. The Kier molecular flexibility index (Phi) is 6.18. The number of hydrogen-bond donors (Lipinski definition) is 1. The van der Waals surface area contributed by atoms with E-state index in [1.54, 1.807) is 17.0 Å². The van der Waals surface area contributed by atoms with Crippen molar-refractivity contribution in [3.63, 3.8) is 0 Å². The maximum atomic E-state index is 13.3. The van der Waals surface area contributed by atoms with E-state index in [0.717, 1.165) is 5.56 Å². The summed E-state index contributed by atoms with van der Waals surface area (Å²) in [6.07, 6.45) is -0.113. The predicted molar refractivity (Wildman–Crippen MR) is 125 cm³/mol. The van der Waals surface area contributed by atoms with Crippen LogP contribution in [0.4, 0.5) is 4.79 Å². The van der Waals surface area contributed by atoms with Gasteiger partial charge < -0.3 is 24.2 Å². The van der Waals surface area contributed by atoms with E-state index >= 15 is 0 Å². The molecule has 2 heterocycles. The number of carbonyl (C=O) groups is 1. The number of hydrogen-bond acceptors (Lipinski definition) is 7. The number of carbonyl (C=O) groups excluding carboxylic acids is 1. The molecule has 8 nitrogen and oxygen atoms in total. The smallest absolute Gasteiger partial charge is 0.410 e. The van der Waals surface area contributed by atoms with Crippen LogP contribution in [0.5, 0.6) is 17.2 Å². The molecule has 2 aliphatic heterocycles. The number of phenolic OH excluding ortho intramolecular Hbond substituents is 1. The van der Waals surface area contributed by atoms with Crippen molar-refractivity contribution in [2.24, 2.45) is 0 Å². The molecule has 2 unspecified atom stereocenters. The number of benzene rings is 2. The topological polar surface area (TPSA) is 102 Å². The van der Waals surface area contributed by atoms with E-state index in [-0.39, 0.29) is 45.5 Å². The minimum absolute atomic E-state index is 0.0605. The van der Waals surface area contributed by atoms with Crippen molar-refractivity contribution in [3.8, 4) is 17.2 Å².